The second-order valence-corrected chi connectivity index (χ2v) is 4.73. The van der Waals surface area contributed by atoms with Crippen molar-refractivity contribution in [2.45, 2.75) is 12.7 Å². The van der Waals surface area contributed by atoms with Crippen molar-refractivity contribution in [2.24, 2.45) is 0 Å². The lowest BCUT2D eigenvalue weighted by Crippen LogP contribution is -1.89. The molecule has 0 aliphatic heterocycles. The van der Waals surface area contributed by atoms with Crippen molar-refractivity contribution in [1.82, 2.24) is 4.98 Å². The molecule has 3 nitrogen and oxygen atoms in total. The van der Waals surface area contributed by atoms with Crippen LogP contribution >= 0.6 is 0 Å². The van der Waals surface area contributed by atoms with Gasteiger partial charge in [0, 0.05) is 17.3 Å². The van der Waals surface area contributed by atoms with E-state index in [-0.39, 0.29) is 5.75 Å². The van der Waals surface area contributed by atoms with Crippen LogP contribution in [0.1, 0.15) is 11.3 Å². The Hall–Kier alpha value is -1.68. The van der Waals surface area contributed by atoms with Crippen LogP contribution in [0.3, 0.4) is 0 Å². The van der Waals surface area contributed by atoms with Crippen LogP contribution in [0.2, 0.25) is 0 Å². The summed E-state index contributed by atoms with van der Waals surface area (Å²) in [5, 5.41) is 0. The van der Waals surface area contributed by atoms with Gasteiger partial charge < -0.3 is 0 Å². The van der Waals surface area contributed by atoms with Crippen molar-refractivity contribution in [3.8, 4) is 11.3 Å². The first kappa shape index (κ1) is 11.8. The number of nitrogens with zero attached hydrogens (tertiary/aromatic N) is 1. The summed E-state index contributed by atoms with van der Waals surface area (Å²) in [5.74, 6) is 0.0879. The van der Waals surface area contributed by atoms with Gasteiger partial charge in [0.15, 0.2) is 0 Å². The molecule has 0 aliphatic rings. The summed E-state index contributed by atoms with van der Waals surface area (Å²) in [5.41, 5.74) is 3.49. The fraction of sp³-hybridized carbons (Fsp3) is 0.154. The molecule has 1 aromatic heterocycles. The molecule has 1 heterocycles. The summed E-state index contributed by atoms with van der Waals surface area (Å²) < 4.78 is 21.2. The molecule has 17 heavy (non-hydrogen) atoms. The molecule has 0 saturated carbocycles. The quantitative estimate of drug-likeness (QED) is 0.842. The third-order valence-electron chi connectivity index (χ3n) is 2.38. The summed E-state index contributed by atoms with van der Waals surface area (Å²) in [4.78, 5) is 4.36. The second-order valence-electron chi connectivity index (χ2n) is 3.75. The number of pyridine rings is 1. The molecule has 0 N–H and O–H groups in total. The van der Waals surface area contributed by atoms with E-state index >= 15 is 0 Å². The van der Waals surface area contributed by atoms with Gasteiger partial charge in [0.25, 0.3) is 0 Å². The van der Waals surface area contributed by atoms with E-state index in [2.05, 4.69) is 11.1 Å². The second kappa shape index (κ2) is 5.10. The number of benzene rings is 1. The molecule has 0 unspecified atom stereocenters. The van der Waals surface area contributed by atoms with Crippen molar-refractivity contribution in [3.63, 3.8) is 0 Å². The lowest BCUT2D eigenvalue weighted by atomic mass is 10.1. The maximum atomic E-state index is 10.6. The van der Waals surface area contributed by atoms with Gasteiger partial charge in [-0.3, -0.25) is 4.98 Å². The zero-order valence-corrected chi connectivity index (χ0v) is 10.3. The van der Waals surface area contributed by atoms with E-state index in [1.165, 1.54) is 0 Å². The van der Waals surface area contributed by atoms with Crippen molar-refractivity contribution in [2.75, 3.05) is 0 Å². The molecule has 87 valence electrons. The predicted molar refractivity (Wildman–Crippen MR) is 67.3 cm³/mol. The van der Waals surface area contributed by atoms with E-state index in [1.807, 2.05) is 43.3 Å². The lowest BCUT2D eigenvalue weighted by Gasteiger charge is -2.02. The molecular formula is C13H12NO2S. The van der Waals surface area contributed by atoms with E-state index in [1.54, 1.807) is 0 Å². The zero-order chi connectivity index (χ0) is 12.3. The highest BCUT2D eigenvalue weighted by Gasteiger charge is 2.00. The van der Waals surface area contributed by atoms with Crippen LogP contribution in [-0.2, 0) is 16.5 Å². The van der Waals surface area contributed by atoms with Gasteiger partial charge in [-0.05, 0) is 18.6 Å². The highest BCUT2D eigenvalue weighted by molar-refractivity contribution is 7.71. The third-order valence-corrected chi connectivity index (χ3v) is 3.01. The summed E-state index contributed by atoms with van der Waals surface area (Å²) in [6.07, 6.45) is 0. The van der Waals surface area contributed by atoms with Crippen LogP contribution < -0.4 is 0 Å². The fourth-order valence-corrected chi connectivity index (χ4v) is 2.09. The number of aromatic nitrogens is 1. The molecule has 0 saturated heterocycles. The standard InChI is InChI=1S/C13H12NO2S/c1-10-3-2-4-13(14-10)12-7-5-11(6-8-12)9-17(15)16/h2,4-8,17H,9H2,1H3. The van der Waals surface area contributed by atoms with Crippen molar-refractivity contribution in [1.29, 1.82) is 0 Å². The molecule has 0 spiro atoms. The van der Waals surface area contributed by atoms with Gasteiger partial charge in [0.1, 0.15) is 10.7 Å². The minimum atomic E-state index is -2.37. The maximum absolute atomic E-state index is 10.6. The highest BCUT2D eigenvalue weighted by atomic mass is 32.2. The topological polar surface area (TPSA) is 47.0 Å². The van der Waals surface area contributed by atoms with Gasteiger partial charge in [-0.2, -0.15) is 0 Å². The van der Waals surface area contributed by atoms with Crippen molar-refractivity contribution < 1.29 is 8.42 Å². The Kier molecular flexibility index (Phi) is 3.54. The number of rotatable bonds is 3. The van der Waals surface area contributed by atoms with Crippen LogP contribution in [0, 0.1) is 13.0 Å². The average Bonchev–Trinajstić information content (AvgIpc) is 2.29. The van der Waals surface area contributed by atoms with Crippen LogP contribution in [-0.4, -0.2) is 13.4 Å². The number of thiol groups is 1. The molecule has 0 amide bonds. The number of hydrogen-bond acceptors (Lipinski definition) is 3. The van der Waals surface area contributed by atoms with Crippen LogP contribution in [0.4, 0.5) is 0 Å². The van der Waals surface area contributed by atoms with Crippen molar-refractivity contribution in [3.05, 3.63) is 53.7 Å². The first-order valence-electron chi connectivity index (χ1n) is 5.21. The van der Waals surface area contributed by atoms with Gasteiger partial charge in [-0.15, -0.1) is 0 Å². The Labute approximate surface area is 102 Å². The third kappa shape index (κ3) is 3.14. The molecule has 2 rings (SSSR count). The molecule has 0 fully saturated rings. The largest absolute Gasteiger partial charge is 0.252 e. The van der Waals surface area contributed by atoms with E-state index in [4.69, 9.17) is 0 Å². The van der Waals surface area contributed by atoms with Gasteiger partial charge in [-0.1, -0.05) is 30.3 Å². The SMILES string of the molecule is Cc1[c]ccc(-c2ccc(C[SH](=O)=O)cc2)n1. The summed E-state index contributed by atoms with van der Waals surface area (Å²) >= 11 is 0. The van der Waals surface area contributed by atoms with E-state index in [0.717, 1.165) is 22.5 Å². The average molecular weight is 246 g/mol. The molecule has 0 atom stereocenters. The molecule has 1 radical (unpaired) electrons. The Morgan fingerprint density at radius 2 is 1.88 bits per heavy atom. The van der Waals surface area contributed by atoms with E-state index in [0.29, 0.717) is 0 Å². The molecule has 4 heteroatoms. The van der Waals surface area contributed by atoms with E-state index in [9.17, 15) is 8.42 Å². The summed E-state index contributed by atoms with van der Waals surface area (Å²) in [6, 6.07) is 14.1. The molecule has 0 aliphatic carbocycles. The first-order chi connectivity index (χ1) is 8.15. The molecule has 1 aromatic carbocycles. The highest BCUT2D eigenvalue weighted by Crippen LogP contribution is 2.17. The normalized spacial score (nSPS) is 10.7. The van der Waals surface area contributed by atoms with E-state index < -0.39 is 10.7 Å². The minimum Gasteiger partial charge on any atom is -0.252 e. The van der Waals surface area contributed by atoms with Gasteiger partial charge in [0.05, 0.1) is 11.4 Å². The Morgan fingerprint density at radius 1 is 1.18 bits per heavy atom. The molecule has 0 bridgehead atoms. The smallest absolute Gasteiger partial charge is 0.144 e. The van der Waals surface area contributed by atoms with Crippen LogP contribution in [0.5, 0.6) is 0 Å². The number of hydrogen-bond donors (Lipinski definition) is 1. The Balaban J connectivity index is 2.29. The summed E-state index contributed by atoms with van der Waals surface area (Å²) in [7, 11) is -2.37. The van der Waals surface area contributed by atoms with Crippen LogP contribution in [0.15, 0.2) is 36.4 Å². The van der Waals surface area contributed by atoms with Gasteiger partial charge in [0.2, 0.25) is 0 Å². The predicted octanol–water partition coefficient (Wildman–Crippen LogP) is 1.97. The lowest BCUT2D eigenvalue weighted by molar-refractivity contribution is 0.614. The fourth-order valence-electron chi connectivity index (χ4n) is 1.58. The molecular weight excluding hydrogens is 234 g/mol. The molecule has 2 aromatic rings. The monoisotopic (exact) mass is 246 g/mol. The number of aryl methyl sites for hydroxylation is 1. The van der Waals surface area contributed by atoms with Gasteiger partial charge in [-0.25, -0.2) is 8.42 Å². The zero-order valence-electron chi connectivity index (χ0n) is 9.38. The Bertz CT molecular complexity index is 581. The first-order valence-corrected chi connectivity index (χ1v) is 6.58. The summed E-state index contributed by atoms with van der Waals surface area (Å²) in [6.45, 7) is 1.89. The maximum Gasteiger partial charge on any atom is 0.144 e. The van der Waals surface area contributed by atoms with Crippen molar-refractivity contribution >= 4 is 10.7 Å². The minimum absolute atomic E-state index is 0.0879. The van der Waals surface area contributed by atoms with Gasteiger partial charge >= 0.3 is 0 Å². The Morgan fingerprint density at radius 3 is 2.47 bits per heavy atom. The van der Waals surface area contributed by atoms with Crippen LogP contribution in [0.25, 0.3) is 11.3 Å².